The van der Waals surface area contributed by atoms with Crippen LogP contribution in [-0.4, -0.2) is 19.2 Å². The molecule has 0 fully saturated rings. The summed E-state index contributed by atoms with van der Waals surface area (Å²) in [7, 11) is 0. The molecule has 0 unspecified atom stereocenters. The molecule has 6 heteroatoms. The van der Waals surface area contributed by atoms with Gasteiger partial charge in [-0.3, -0.25) is 0 Å². The van der Waals surface area contributed by atoms with Crippen LogP contribution in [0.25, 0.3) is 0 Å². The first kappa shape index (κ1) is 15.4. The van der Waals surface area contributed by atoms with E-state index in [1.54, 1.807) is 0 Å². The molecule has 1 aromatic rings. The van der Waals surface area contributed by atoms with Crippen LogP contribution in [0.4, 0.5) is 0 Å². The minimum atomic E-state index is -0.467. The number of rotatable bonds is 5. The van der Waals surface area contributed by atoms with Gasteiger partial charge in [-0.05, 0) is 18.1 Å². The number of carbonyl (C=O) groups is 1. The Morgan fingerprint density at radius 2 is 1.78 bits per heavy atom. The molecule has 0 saturated carbocycles. The number of halogens is 3. The van der Waals surface area contributed by atoms with Crippen molar-refractivity contribution in [3.63, 3.8) is 0 Å². The lowest BCUT2D eigenvalue weighted by atomic mass is 10.2. The van der Waals surface area contributed by atoms with Crippen LogP contribution in [0.15, 0.2) is 12.1 Å². The largest absolute Gasteiger partial charge is 0.479 e. The molecule has 0 aliphatic heterocycles. The predicted octanol–water partition coefficient (Wildman–Crippen LogP) is 4.22. The Labute approximate surface area is 121 Å². The van der Waals surface area contributed by atoms with Crippen molar-refractivity contribution in [1.82, 2.24) is 0 Å². The standard InChI is InChI=1S/C12H13Cl3O3/c1-7(2)5-17-11(16)6-18-12-9(14)3-8(13)4-10(12)15/h3-4,7H,5-6H2,1-2H3. The Kier molecular flexibility index (Phi) is 6.06. The smallest absolute Gasteiger partial charge is 0.344 e. The number of ether oxygens (including phenoxy) is 2. The first-order chi connectivity index (χ1) is 8.40. The number of carbonyl (C=O) groups excluding carboxylic acids is 1. The Morgan fingerprint density at radius 1 is 1.22 bits per heavy atom. The van der Waals surface area contributed by atoms with Crippen molar-refractivity contribution in [3.8, 4) is 5.75 Å². The van der Waals surface area contributed by atoms with Crippen LogP contribution in [0.2, 0.25) is 15.1 Å². The lowest BCUT2D eigenvalue weighted by Gasteiger charge is -2.11. The fraction of sp³-hybridized carbons (Fsp3) is 0.417. The second-order valence-electron chi connectivity index (χ2n) is 4.06. The Hall–Kier alpha value is -0.640. The van der Waals surface area contributed by atoms with Crippen molar-refractivity contribution < 1.29 is 14.3 Å². The SMILES string of the molecule is CC(C)COC(=O)COc1c(Cl)cc(Cl)cc1Cl. The van der Waals surface area contributed by atoms with E-state index >= 15 is 0 Å². The van der Waals surface area contributed by atoms with E-state index in [9.17, 15) is 4.79 Å². The highest BCUT2D eigenvalue weighted by Gasteiger charge is 2.12. The van der Waals surface area contributed by atoms with Gasteiger partial charge in [0.1, 0.15) is 0 Å². The minimum absolute atomic E-state index is 0.226. The quantitative estimate of drug-likeness (QED) is 0.764. The third-order valence-corrected chi connectivity index (χ3v) is 2.65. The van der Waals surface area contributed by atoms with Crippen molar-refractivity contribution in [1.29, 1.82) is 0 Å². The molecular formula is C12H13Cl3O3. The average molecular weight is 312 g/mol. The average Bonchev–Trinajstić information content (AvgIpc) is 2.24. The van der Waals surface area contributed by atoms with Gasteiger partial charge in [0, 0.05) is 5.02 Å². The third-order valence-electron chi connectivity index (χ3n) is 1.88. The second-order valence-corrected chi connectivity index (χ2v) is 5.31. The monoisotopic (exact) mass is 310 g/mol. The summed E-state index contributed by atoms with van der Waals surface area (Å²) in [5.74, 6) is 0.0340. The summed E-state index contributed by atoms with van der Waals surface area (Å²) >= 11 is 17.6. The highest BCUT2D eigenvalue weighted by atomic mass is 35.5. The van der Waals surface area contributed by atoms with E-state index < -0.39 is 5.97 Å². The van der Waals surface area contributed by atoms with Crippen LogP contribution in [0.1, 0.15) is 13.8 Å². The number of hydrogen-bond acceptors (Lipinski definition) is 3. The van der Waals surface area contributed by atoms with E-state index in [2.05, 4.69) is 0 Å². The zero-order chi connectivity index (χ0) is 13.7. The highest BCUT2D eigenvalue weighted by Crippen LogP contribution is 2.35. The number of esters is 1. The second kappa shape index (κ2) is 7.07. The molecule has 0 amide bonds. The van der Waals surface area contributed by atoms with Crippen molar-refractivity contribution in [2.45, 2.75) is 13.8 Å². The molecule has 1 rings (SSSR count). The van der Waals surface area contributed by atoms with E-state index in [4.69, 9.17) is 44.3 Å². The van der Waals surface area contributed by atoms with E-state index in [-0.39, 0.29) is 28.3 Å². The van der Waals surface area contributed by atoms with E-state index in [1.807, 2.05) is 13.8 Å². The first-order valence-corrected chi connectivity index (χ1v) is 6.46. The molecule has 0 aliphatic carbocycles. The zero-order valence-electron chi connectivity index (χ0n) is 10.0. The Bertz CT molecular complexity index is 410. The number of hydrogen-bond donors (Lipinski definition) is 0. The third kappa shape index (κ3) is 4.92. The molecule has 0 atom stereocenters. The lowest BCUT2D eigenvalue weighted by Crippen LogP contribution is -2.17. The van der Waals surface area contributed by atoms with Gasteiger partial charge in [-0.25, -0.2) is 4.79 Å². The summed E-state index contributed by atoms with van der Waals surface area (Å²) in [5.41, 5.74) is 0. The van der Waals surface area contributed by atoms with Gasteiger partial charge < -0.3 is 9.47 Å². The van der Waals surface area contributed by atoms with E-state index in [1.165, 1.54) is 12.1 Å². The maximum atomic E-state index is 11.4. The van der Waals surface area contributed by atoms with Gasteiger partial charge in [0.15, 0.2) is 12.4 Å². The lowest BCUT2D eigenvalue weighted by molar-refractivity contribution is -0.147. The minimum Gasteiger partial charge on any atom is -0.479 e. The number of benzene rings is 1. The van der Waals surface area contributed by atoms with Gasteiger partial charge >= 0.3 is 5.97 Å². The van der Waals surface area contributed by atoms with Gasteiger partial charge in [0.25, 0.3) is 0 Å². The maximum absolute atomic E-state index is 11.4. The molecule has 0 spiro atoms. The predicted molar refractivity (Wildman–Crippen MR) is 72.8 cm³/mol. The summed E-state index contributed by atoms with van der Waals surface area (Å²) < 4.78 is 10.2. The molecular weight excluding hydrogens is 298 g/mol. The molecule has 0 radical (unpaired) electrons. The Morgan fingerprint density at radius 3 is 2.28 bits per heavy atom. The van der Waals surface area contributed by atoms with E-state index in [0.29, 0.717) is 11.6 Å². The van der Waals surface area contributed by atoms with Crippen molar-refractivity contribution in [2.75, 3.05) is 13.2 Å². The van der Waals surface area contributed by atoms with Crippen LogP contribution in [0.3, 0.4) is 0 Å². The van der Waals surface area contributed by atoms with Crippen LogP contribution in [0.5, 0.6) is 5.75 Å². The Balaban J connectivity index is 2.56. The topological polar surface area (TPSA) is 35.5 Å². The van der Waals surface area contributed by atoms with Crippen LogP contribution < -0.4 is 4.74 Å². The molecule has 18 heavy (non-hydrogen) atoms. The van der Waals surface area contributed by atoms with Crippen LogP contribution >= 0.6 is 34.8 Å². The fourth-order valence-electron chi connectivity index (χ4n) is 1.10. The van der Waals surface area contributed by atoms with E-state index in [0.717, 1.165) is 0 Å². The summed E-state index contributed by atoms with van der Waals surface area (Å²) in [6.45, 7) is 4.00. The zero-order valence-corrected chi connectivity index (χ0v) is 12.3. The molecule has 0 bridgehead atoms. The summed E-state index contributed by atoms with van der Waals surface area (Å²) in [6.07, 6.45) is 0. The van der Waals surface area contributed by atoms with Gasteiger partial charge in [0.2, 0.25) is 0 Å². The molecule has 3 nitrogen and oxygen atoms in total. The summed E-state index contributed by atoms with van der Waals surface area (Å²) in [6, 6.07) is 2.98. The van der Waals surface area contributed by atoms with Gasteiger partial charge in [-0.1, -0.05) is 48.7 Å². The van der Waals surface area contributed by atoms with Crippen molar-refractivity contribution >= 4 is 40.8 Å². The van der Waals surface area contributed by atoms with Crippen molar-refractivity contribution in [3.05, 3.63) is 27.2 Å². The normalized spacial score (nSPS) is 10.6. The molecule has 0 saturated heterocycles. The van der Waals surface area contributed by atoms with Crippen LogP contribution in [-0.2, 0) is 9.53 Å². The highest BCUT2D eigenvalue weighted by molar-refractivity contribution is 6.40. The summed E-state index contributed by atoms with van der Waals surface area (Å²) in [5, 5.41) is 0.910. The molecule has 100 valence electrons. The van der Waals surface area contributed by atoms with Gasteiger partial charge in [-0.2, -0.15) is 0 Å². The van der Waals surface area contributed by atoms with Crippen molar-refractivity contribution in [2.24, 2.45) is 5.92 Å². The first-order valence-electron chi connectivity index (χ1n) is 5.33. The summed E-state index contributed by atoms with van der Waals surface area (Å²) in [4.78, 5) is 11.4. The molecule has 1 aromatic carbocycles. The van der Waals surface area contributed by atoms with Gasteiger partial charge in [0.05, 0.1) is 16.7 Å². The molecule has 0 aliphatic rings. The molecule has 0 heterocycles. The maximum Gasteiger partial charge on any atom is 0.344 e. The fourth-order valence-corrected chi connectivity index (χ4v) is 2.03. The van der Waals surface area contributed by atoms with Gasteiger partial charge in [-0.15, -0.1) is 0 Å². The van der Waals surface area contributed by atoms with Crippen LogP contribution in [0, 0.1) is 5.92 Å². The molecule has 0 aromatic heterocycles. The molecule has 0 N–H and O–H groups in total.